The Morgan fingerprint density at radius 2 is 2.00 bits per heavy atom. The van der Waals surface area contributed by atoms with Crippen LogP contribution in [-0.2, 0) is 16.4 Å². The SMILES string of the molecule is CS(=O)(=O)c1cc(Cl)cnc1C1CCN(Cc2cccc(F)c2)CC1. The second-order valence-corrected chi connectivity index (χ2v) is 8.91. The van der Waals surface area contributed by atoms with Crippen LogP contribution in [0.15, 0.2) is 41.4 Å². The predicted molar refractivity (Wildman–Crippen MR) is 96.0 cm³/mol. The molecule has 1 aliphatic rings. The maximum Gasteiger partial charge on any atom is 0.177 e. The van der Waals surface area contributed by atoms with Crippen molar-refractivity contribution in [2.45, 2.75) is 30.2 Å². The summed E-state index contributed by atoms with van der Waals surface area (Å²) in [4.78, 5) is 6.79. The fraction of sp³-hybridized carbons (Fsp3) is 0.389. The Balaban J connectivity index is 1.71. The molecule has 0 atom stereocenters. The van der Waals surface area contributed by atoms with E-state index in [4.69, 9.17) is 11.6 Å². The zero-order valence-electron chi connectivity index (χ0n) is 14.0. The minimum atomic E-state index is -3.37. The van der Waals surface area contributed by atoms with Crippen LogP contribution in [0.1, 0.15) is 30.0 Å². The number of nitrogens with zero attached hydrogens (tertiary/aromatic N) is 2. The second-order valence-electron chi connectivity index (χ2n) is 6.49. The van der Waals surface area contributed by atoms with E-state index in [0.717, 1.165) is 31.5 Å². The van der Waals surface area contributed by atoms with Crippen LogP contribution >= 0.6 is 11.6 Å². The summed E-state index contributed by atoms with van der Waals surface area (Å²) in [6.45, 7) is 2.32. The lowest BCUT2D eigenvalue weighted by atomic mass is 9.92. The van der Waals surface area contributed by atoms with Crippen LogP contribution in [0.5, 0.6) is 0 Å². The van der Waals surface area contributed by atoms with Gasteiger partial charge in [0.15, 0.2) is 9.84 Å². The van der Waals surface area contributed by atoms with Gasteiger partial charge in [-0.15, -0.1) is 0 Å². The molecule has 4 nitrogen and oxygen atoms in total. The molecule has 0 spiro atoms. The molecule has 1 aromatic carbocycles. The van der Waals surface area contributed by atoms with Crippen LogP contribution in [0.25, 0.3) is 0 Å². The molecule has 25 heavy (non-hydrogen) atoms. The number of piperidine rings is 1. The number of halogens is 2. The lowest BCUT2D eigenvalue weighted by Gasteiger charge is -2.32. The molecule has 0 saturated carbocycles. The number of benzene rings is 1. The number of hydrogen-bond acceptors (Lipinski definition) is 4. The number of hydrogen-bond donors (Lipinski definition) is 0. The van der Waals surface area contributed by atoms with Crippen molar-refractivity contribution in [1.29, 1.82) is 0 Å². The summed E-state index contributed by atoms with van der Waals surface area (Å²) in [5.74, 6) is -0.138. The Morgan fingerprint density at radius 1 is 1.28 bits per heavy atom. The average molecular weight is 383 g/mol. The Morgan fingerprint density at radius 3 is 2.64 bits per heavy atom. The van der Waals surface area contributed by atoms with Crippen LogP contribution in [0.3, 0.4) is 0 Å². The van der Waals surface area contributed by atoms with E-state index in [1.165, 1.54) is 24.6 Å². The van der Waals surface area contributed by atoms with E-state index in [9.17, 15) is 12.8 Å². The third-order valence-corrected chi connectivity index (χ3v) is 5.85. The Hall–Kier alpha value is -1.50. The van der Waals surface area contributed by atoms with Gasteiger partial charge >= 0.3 is 0 Å². The fourth-order valence-electron chi connectivity index (χ4n) is 3.29. The summed E-state index contributed by atoms with van der Waals surface area (Å²) in [6.07, 6.45) is 4.31. The van der Waals surface area contributed by atoms with E-state index in [2.05, 4.69) is 9.88 Å². The molecule has 134 valence electrons. The maximum atomic E-state index is 13.3. The molecule has 0 radical (unpaired) electrons. The van der Waals surface area contributed by atoms with E-state index in [1.54, 1.807) is 12.1 Å². The standard InChI is InChI=1S/C18H20ClFN2O2S/c1-25(23,24)17-10-15(19)11-21-18(17)14-5-7-22(8-6-14)12-13-3-2-4-16(20)9-13/h2-4,9-11,14H,5-8,12H2,1H3. The largest absolute Gasteiger partial charge is 0.299 e. The first-order chi connectivity index (χ1) is 11.8. The van der Waals surface area contributed by atoms with Gasteiger partial charge in [-0.1, -0.05) is 23.7 Å². The molecule has 0 bridgehead atoms. The van der Waals surface area contributed by atoms with Crippen LogP contribution in [0.4, 0.5) is 4.39 Å². The van der Waals surface area contributed by atoms with Crippen molar-refractivity contribution in [1.82, 2.24) is 9.88 Å². The predicted octanol–water partition coefficient (Wildman–Crippen LogP) is 3.66. The number of sulfone groups is 1. The summed E-state index contributed by atoms with van der Waals surface area (Å²) in [5, 5.41) is 0.327. The number of aromatic nitrogens is 1. The number of rotatable bonds is 4. The zero-order valence-corrected chi connectivity index (χ0v) is 15.5. The van der Waals surface area contributed by atoms with Crippen LogP contribution in [-0.4, -0.2) is 37.6 Å². The fourth-order valence-corrected chi connectivity index (χ4v) is 4.46. The van der Waals surface area contributed by atoms with Crippen molar-refractivity contribution in [3.05, 3.63) is 58.6 Å². The van der Waals surface area contributed by atoms with E-state index in [1.807, 2.05) is 6.07 Å². The van der Waals surface area contributed by atoms with Crippen molar-refractivity contribution in [3.63, 3.8) is 0 Å². The highest BCUT2D eigenvalue weighted by molar-refractivity contribution is 7.90. The molecule has 1 saturated heterocycles. The molecule has 0 unspecified atom stereocenters. The maximum absolute atomic E-state index is 13.3. The van der Waals surface area contributed by atoms with Crippen molar-refractivity contribution in [3.8, 4) is 0 Å². The van der Waals surface area contributed by atoms with Crippen molar-refractivity contribution in [2.24, 2.45) is 0 Å². The van der Waals surface area contributed by atoms with Gasteiger partial charge in [0, 0.05) is 24.9 Å². The van der Waals surface area contributed by atoms with Gasteiger partial charge in [0.2, 0.25) is 0 Å². The Kier molecular flexibility index (Phi) is 5.41. The first kappa shape index (κ1) is 18.3. The van der Waals surface area contributed by atoms with Gasteiger partial charge in [0.05, 0.1) is 15.6 Å². The summed E-state index contributed by atoms with van der Waals surface area (Å²) >= 11 is 5.92. The van der Waals surface area contributed by atoms with Gasteiger partial charge in [-0.25, -0.2) is 12.8 Å². The molecular formula is C18H20ClFN2O2S. The number of likely N-dealkylation sites (tertiary alicyclic amines) is 1. The zero-order chi connectivity index (χ0) is 18.0. The lowest BCUT2D eigenvalue weighted by molar-refractivity contribution is 0.202. The topological polar surface area (TPSA) is 50.3 Å². The van der Waals surface area contributed by atoms with Gasteiger partial charge in [-0.05, 0) is 49.7 Å². The molecular weight excluding hydrogens is 363 g/mol. The highest BCUT2D eigenvalue weighted by Crippen LogP contribution is 2.32. The summed E-state index contributed by atoms with van der Waals surface area (Å²) in [6, 6.07) is 8.10. The van der Waals surface area contributed by atoms with Crippen LogP contribution in [0.2, 0.25) is 5.02 Å². The quantitative estimate of drug-likeness (QED) is 0.809. The summed E-state index contributed by atoms with van der Waals surface area (Å²) < 4.78 is 37.4. The van der Waals surface area contributed by atoms with Gasteiger partial charge in [-0.3, -0.25) is 9.88 Å². The monoisotopic (exact) mass is 382 g/mol. The first-order valence-corrected chi connectivity index (χ1v) is 10.4. The smallest absolute Gasteiger partial charge is 0.177 e. The van der Waals surface area contributed by atoms with Crippen molar-refractivity contribution >= 4 is 21.4 Å². The third kappa shape index (κ3) is 4.57. The molecule has 1 aromatic heterocycles. The van der Waals surface area contributed by atoms with Gasteiger partial charge in [0.1, 0.15) is 5.82 Å². The summed E-state index contributed by atoms with van der Waals surface area (Å²) in [7, 11) is -3.37. The minimum Gasteiger partial charge on any atom is -0.299 e. The second kappa shape index (κ2) is 7.40. The number of pyridine rings is 1. The molecule has 0 amide bonds. The molecule has 1 fully saturated rings. The molecule has 0 N–H and O–H groups in total. The summed E-state index contributed by atoms with van der Waals surface area (Å²) in [5.41, 5.74) is 1.55. The van der Waals surface area contributed by atoms with Crippen molar-refractivity contribution in [2.75, 3.05) is 19.3 Å². The Bertz CT molecular complexity index is 865. The molecule has 2 heterocycles. The Labute approximate surface area is 152 Å². The van der Waals surface area contributed by atoms with Gasteiger partial charge < -0.3 is 0 Å². The highest BCUT2D eigenvalue weighted by Gasteiger charge is 2.27. The van der Waals surface area contributed by atoms with Crippen LogP contribution in [0, 0.1) is 5.82 Å². The molecule has 2 aromatic rings. The van der Waals surface area contributed by atoms with E-state index in [-0.39, 0.29) is 16.6 Å². The molecule has 1 aliphatic heterocycles. The molecule has 3 rings (SSSR count). The highest BCUT2D eigenvalue weighted by atomic mass is 35.5. The van der Waals surface area contributed by atoms with E-state index < -0.39 is 9.84 Å². The minimum absolute atomic E-state index is 0.0887. The average Bonchev–Trinajstić information content (AvgIpc) is 2.55. The van der Waals surface area contributed by atoms with Crippen LogP contribution < -0.4 is 0 Å². The van der Waals surface area contributed by atoms with Crippen molar-refractivity contribution < 1.29 is 12.8 Å². The van der Waals surface area contributed by atoms with E-state index in [0.29, 0.717) is 17.3 Å². The van der Waals surface area contributed by atoms with E-state index >= 15 is 0 Å². The lowest BCUT2D eigenvalue weighted by Crippen LogP contribution is -2.33. The first-order valence-electron chi connectivity index (χ1n) is 8.15. The van der Waals surface area contributed by atoms with Gasteiger partial charge in [0.25, 0.3) is 0 Å². The normalized spacial score (nSPS) is 16.9. The molecule has 7 heteroatoms. The molecule has 0 aliphatic carbocycles. The third-order valence-electron chi connectivity index (χ3n) is 4.52. The van der Waals surface area contributed by atoms with Gasteiger partial charge in [-0.2, -0.15) is 0 Å².